The molecule has 144 valence electrons. The van der Waals surface area contributed by atoms with Gasteiger partial charge in [-0.25, -0.2) is 9.37 Å². The molecule has 27 heavy (non-hydrogen) atoms. The molecule has 6 nitrogen and oxygen atoms in total. The molecule has 3 rings (SSSR count). The van der Waals surface area contributed by atoms with Crippen molar-refractivity contribution >= 4 is 23.2 Å². The Bertz CT molecular complexity index is 818. The number of halogens is 1. The average Bonchev–Trinajstić information content (AvgIpc) is 3.16. The van der Waals surface area contributed by atoms with Gasteiger partial charge in [-0.3, -0.25) is 14.5 Å². The van der Waals surface area contributed by atoms with Gasteiger partial charge in [-0.1, -0.05) is 19.1 Å². The first-order chi connectivity index (χ1) is 13.0. The van der Waals surface area contributed by atoms with Gasteiger partial charge in [-0.05, 0) is 31.5 Å². The summed E-state index contributed by atoms with van der Waals surface area (Å²) in [6.07, 6.45) is 2.99. The van der Waals surface area contributed by atoms with Crippen molar-refractivity contribution in [1.82, 2.24) is 14.8 Å². The van der Waals surface area contributed by atoms with E-state index in [0.29, 0.717) is 35.1 Å². The van der Waals surface area contributed by atoms with Gasteiger partial charge in [0.05, 0.1) is 12.7 Å². The average molecular weight is 391 g/mol. The highest BCUT2D eigenvalue weighted by Crippen LogP contribution is 2.28. The maximum Gasteiger partial charge on any atom is 0.317 e. The minimum absolute atomic E-state index is 0.0238. The maximum absolute atomic E-state index is 13.9. The monoisotopic (exact) mass is 391 g/mol. The Kier molecular flexibility index (Phi) is 6.18. The largest absolute Gasteiger partial charge is 0.480 e. The Morgan fingerprint density at radius 1 is 1.33 bits per heavy atom. The van der Waals surface area contributed by atoms with Gasteiger partial charge in [-0.15, -0.1) is 11.3 Å². The highest BCUT2D eigenvalue weighted by Gasteiger charge is 2.28. The van der Waals surface area contributed by atoms with E-state index in [1.165, 1.54) is 23.6 Å². The molecule has 1 aromatic heterocycles. The van der Waals surface area contributed by atoms with Crippen LogP contribution in [0.1, 0.15) is 29.4 Å². The lowest BCUT2D eigenvalue weighted by molar-refractivity contribution is -0.139. The molecule has 1 fully saturated rings. The van der Waals surface area contributed by atoms with E-state index >= 15 is 0 Å². The van der Waals surface area contributed by atoms with Crippen LogP contribution >= 0.6 is 11.3 Å². The molecule has 1 N–H and O–H groups in total. The van der Waals surface area contributed by atoms with E-state index in [2.05, 4.69) is 4.98 Å². The lowest BCUT2D eigenvalue weighted by Crippen LogP contribution is -2.48. The van der Waals surface area contributed by atoms with Crippen LogP contribution in [0.25, 0.3) is 10.6 Å². The number of likely N-dealkylation sites (tertiary alicyclic amines) is 1. The van der Waals surface area contributed by atoms with Crippen molar-refractivity contribution in [2.24, 2.45) is 0 Å². The number of rotatable bonds is 6. The smallest absolute Gasteiger partial charge is 0.317 e. The van der Waals surface area contributed by atoms with Crippen LogP contribution < -0.4 is 0 Å². The third-order valence-electron chi connectivity index (χ3n) is 4.83. The number of carbonyl (C=O) groups excluding carboxylic acids is 1. The van der Waals surface area contributed by atoms with E-state index in [1.807, 2.05) is 11.8 Å². The van der Waals surface area contributed by atoms with Crippen LogP contribution in [-0.4, -0.2) is 64.0 Å². The summed E-state index contributed by atoms with van der Waals surface area (Å²) in [5.41, 5.74) is 0.396. The summed E-state index contributed by atoms with van der Waals surface area (Å²) in [6, 6.07) is 6.55. The van der Waals surface area contributed by atoms with Crippen LogP contribution in [0, 0.1) is 5.82 Å². The fraction of sp³-hybridized carbons (Fsp3) is 0.421. The second-order valence-electron chi connectivity index (χ2n) is 6.49. The number of amides is 1. The highest BCUT2D eigenvalue weighted by atomic mass is 32.1. The topological polar surface area (TPSA) is 73.7 Å². The Hall–Kier alpha value is -2.32. The van der Waals surface area contributed by atoms with Crippen LogP contribution in [-0.2, 0) is 4.79 Å². The first-order valence-electron chi connectivity index (χ1n) is 8.95. The molecule has 0 saturated carbocycles. The third-order valence-corrected chi connectivity index (χ3v) is 5.85. The molecule has 0 aliphatic carbocycles. The standard InChI is InChI=1S/C19H22FN3O3S/c1-2-22(12-17(24)25)13-7-9-23(10-8-13)19(26)16-11-21-18(27-16)14-5-3-4-6-15(14)20/h3-6,11,13H,2,7-10,12H2,1H3,(H,24,25). The fourth-order valence-electron chi connectivity index (χ4n) is 3.39. The first-order valence-corrected chi connectivity index (χ1v) is 9.77. The van der Waals surface area contributed by atoms with Gasteiger partial charge >= 0.3 is 5.97 Å². The number of carbonyl (C=O) groups is 2. The molecule has 1 aliphatic heterocycles. The van der Waals surface area contributed by atoms with Crippen molar-refractivity contribution in [2.75, 3.05) is 26.2 Å². The second kappa shape index (κ2) is 8.58. The Morgan fingerprint density at radius 2 is 2.04 bits per heavy atom. The normalized spacial score (nSPS) is 15.3. The summed E-state index contributed by atoms with van der Waals surface area (Å²) in [7, 11) is 0. The number of carboxylic acid groups (broad SMARTS) is 1. The summed E-state index contributed by atoms with van der Waals surface area (Å²) in [6.45, 7) is 3.79. The molecule has 1 saturated heterocycles. The number of aromatic nitrogens is 1. The molecule has 0 unspecified atom stereocenters. The van der Waals surface area contributed by atoms with Gasteiger partial charge in [0, 0.05) is 24.7 Å². The van der Waals surface area contributed by atoms with E-state index in [4.69, 9.17) is 5.11 Å². The van der Waals surface area contributed by atoms with Crippen LogP contribution in [0.3, 0.4) is 0 Å². The van der Waals surface area contributed by atoms with E-state index in [-0.39, 0.29) is 24.3 Å². The van der Waals surface area contributed by atoms with Crippen molar-refractivity contribution in [3.05, 3.63) is 41.2 Å². The van der Waals surface area contributed by atoms with Crippen LogP contribution in [0.2, 0.25) is 0 Å². The maximum atomic E-state index is 13.9. The molecule has 2 heterocycles. The molecule has 0 spiro atoms. The molecular formula is C19H22FN3O3S. The van der Waals surface area contributed by atoms with Crippen molar-refractivity contribution < 1.29 is 19.1 Å². The van der Waals surface area contributed by atoms with Crippen molar-refractivity contribution in [3.8, 4) is 10.6 Å². The number of benzene rings is 1. The van der Waals surface area contributed by atoms with Crippen LogP contribution in [0.15, 0.2) is 30.5 Å². The summed E-state index contributed by atoms with van der Waals surface area (Å²) in [5.74, 6) is -1.29. The SMILES string of the molecule is CCN(CC(=O)O)C1CCN(C(=O)c2cnc(-c3ccccc3F)s2)CC1. The molecule has 8 heteroatoms. The molecule has 1 aliphatic rings. The molecule has 1 aromatic carbocycles. The van der Waals surface area contributed by atoms with Crippen molar-refractivity contribution in [2.45, 2.75) is 25.8 Å². The quantitative estimate of drug-likeness (QED) is 0.820. The number of piperidine rings is 1. The Morgan fingerprint density at radius 3 is 2.67 bits per heavy atom. The van der Waals surface area contributed by atoms with E-state index < -0.39 is 5.97 Å². The minimum Gasteiger partial charge on any atom is -0.480 e. The Balaban J connectivity index is 1.63. The van der Waals surface area contributed by atoms with Crippen LogP contribution in [0.5, 0.6) is 0 Å². The minimum atomic E-state index is -0.833. The second-order valence-corrected chi connectivity index (χ2v) is 7.52. The number of thiazole rings is 1. The molecule has 0 atom stereocenters. The molecule has 2 aromatic rings. The van der Waals surface area contributed by atoms with E-state index in [1.54, 1.807) is 23.1 Å². The number of nitrogens with zero attached hydrogens (tertiary/aromatic N) is 3. The zero-order chi connectivity index (χ0) is 19.4. The van der Waals surface area contributed by atoms with Gasteiger partial charge in [0.15, 0.2) is 0 Å². The fourth-order valence-corrected chi connectivity index (χ4v) is 4.31. The predicted molar refractivity (Wildman–Crippen MR) is 101 cm³/mol. The molecule has 0 radical (unpaired) electrons. The Labute approximate surface area is 161 Å². The van der Waals surface area contributed by atoms with Gasteiger partial charge in [-0.2, -0.15) is 0 Å². The summed E-state index contributed by atoms with van der Waals surface area (Å²) in [4.78, 5) is 32.1. The van der Waals surface area contributed by atoms with Gasteiger partial charge in [0.1, 0.15) is 15.7 Å². The summed E-state index contributed by atoms with van der Waals surface area (Å²) >= 11 is 1.19. The summed E-state index contributed by atoms with van der Waals surface area (Å²) < 4.78 is 13.9. The molecule has 1 amide bonds. The summed E-state index contributed by atoms with van der Waals surface area (Å²) in [5, 5.41) is 9.50. The first kappa shape index (κ1) is 19.4. The van der Waals surface area contributed by atoms with Crippen LogP contribution in [0.4, 0.5) is 4.39 Å². The zero-order valence-corrected chi connectivity index (χ0v) is 15.9. The lowest BCUT2D eigenvalue weighted by Gasteiger charge is -2.37. The lowest BCUT2D eigenvalue weighted by atomic mass is 10.0. The predicted octanol–water partition coefficient (Wildman–Crippen LogP) is 2.96. The number of hydrogen-bond donors (Lipinski definition) is 1. The highest BCUT2D eigenvalue weighted by molar-refractivity contribution is 7.16. The zero-order valence-electron chi connectivity index (χ0n) is 15.1. The number of carboxylic acids is 1. The van der Waals surface area contributed by atoms with E-state index in [9.17, 15) is 14.0 Å². The third kappa shape index (κ3) is 4.51. The molecule has 0 bridgehead atoms. The number of aliphatic carboxylic acids is 1. The van der Waals surface area contributed by atoms with Gasteiger partial charge < -0.3 is 10.0 Å². The molecular weight excluding hydrogens is 369 g/mol. The van der Waals surface area contributed by atoms with E-state index in [0.717, 1.165) is 12.8 Å². The van der Waals surface area contributed by atoms with Crippen molar-refractivity contribution in [1.29, 1.82) is 0 Å². The van der Waals surface area contributed by atoms with Crippen molar-refractivity contribution in [3.63, 3.8) is 0 Å². The van der Waals surface area contributed by atoms with Gasteiger partial charge in [0.25, 0.3) is 5.91 Å². The number of likely N-dealkylation sites (N-methyl/N-ethyl adjacent to an activating group) is 1. The van der Waals surface area contributed by atoms with Gasteiger partial charge in [0.2, 0.25) is 0 Å². The number of hydrogen-bond acceptors (Lipinski definition) is 5.